The molecule has 2 fully saturated rings. The Bertz CT molecular complexity index is 294. The normalized spacial score (nSPS) is 34.1. The van der Waals surface area contributed by atoms with E-state index >= 15 is 0 Å². The highest BCUT2D eigenvalue weighted by molar-refractivity contribution is 5.83. The van der Waals surface area contributed by atoms with E-state index in [9.17, 15) is 9.90 Å². The molecule has 0 aromatic rings. The number of aliphatic hydroxyl groups is 1. The van der Waals surface area contributed by atoms with Crippen LogP contribution in [0.4, 0.5) is 0 Å². The molecule has 0 spiro atoms. The van der Waals surface area contributed by atoms with E-state index in [0.717, 1.165) is 38.5 Å². The Kier molecular flexibility index (Phi) is 4.28. The average Bonchev–Trinajstić information content (AvgIpc) is 3.21. The second-order valence-corrected chi connectivity index (χ2v) is 6.28. The molecule has 2 aliphatic carbocycles. The number of hydrogen-bond donors (Lipinski definition) is 3. The summed E-state index contributed by atoms with van der Waals surface area (Å²) in [5.74, 6) is 1.16. The van der Waals surface area contributed by atoms with Gasteiger partial charge in [0.05, 0.1) is 11.5 Å². The van der Waals surface area contributed by atoms with Gasteiger partial charge in [0.2, 0.25) is 5.91 Å². The van der Waals surface area contributed by atoms with Crippen molar-refractivity contribution in [1.82, 2.24) is 5.32 Å². The molecule has 4 nitrogen and oxygen atoms in total. The van der Waals surface area contributed by atoms with E-state index in [2.05, 4.69) is 12.2 Å². The highest BCUT2D eigenvalue weighted by atomic mass is 16.3. The van der Waals surface area contributed by atoms with Crippen LogP contribution in [0.2, 0.25) is 0 Å². The van der Waals surface area contributed by atoms with Gasteiger partial charge in [-0.25, -0.2) is 0 Å². The second-order valence-electron chi connectivity index (χ2n) is 6.28. The Morgan fingerprint density at radius 1 is 1.39 bits per heavy atom. The van der Waals surface area contributed by atoms with Crippen molar-refractivity contribution in [2.75, 3.05) is 13.1 Å². The Morgan fingerprint density at radius 3 is 2.50 bits per heavy atom. The van der Waals surface area contributed by atoms with Crippen LogP contribution in [0.1, 0.15) is 45.4 Å². The topological polar surface area (TPSA) is 75.4 Å². The molecule has 18 heavy (non-hydrogen) atoms. The fourth-order valence-corrected chi connectivity index (χ4v) is 2.87. The highest BCUT2D eigenvalue weighted by Gasteiger charge is 2.40. The van der Waals surface area contributed by atoms with Crippen LogP contribution < -0.4 is 11.1 Å². The molecule has 0 bridgehead atoms. The monoisotopic (exact) mass is 254 g/mol. The fourth-order valence-electron chi connectivity index (χ4n) is 2.87. The molecule has 2 aliphatic rings. The minimum absolute atomic E-state index is 0.0524. The first-order chi connectivity index (χ1) is 8.57. The number of nitrogens with one attached hydrogen (secondary N) is 1. The lowest BCUT2D eigenvalue weighted by atomic mass is 9.70. The predicted octanol–water partition coefficient (Wildman–Crippen LogP) is 1.03. The number of hydrogen-bond acceptors (Lipinski definition) is 3. The third-order valence-electron chi connectivity index (χ3n) is 4.74. The van der Waals surface area contributed by atoms with Gasteiger partial charge in [0.15, 0.2) is 0 Å². The van der Waals surface area contributed by atoms with E-state index in [0.29, 0.717) is 24.9 Å². The van der Waals surface area contributed by atoms with Crippen LogP contribution >= 0.6 is 0 Å². The predicted molar refractivity (Wildman–Crippen MR) is 70.9 cm³/mol. The zero-order chi connectivity index (χ0) is 13.2. The minimum Gasteiger partial charge on any atom is -0.391 e. The van der Waals surface area contributed by atoms with E-state index in [-0.39, 0.29) is 17.4 Å². The van der Waals surface area contributed by atoms with E-state index in [1.165, 1.54) is 0 Å². The quantitative estimate of drug-likeness (QED) is 0.686. The largest absolute Gasteiger partial charge is 0.391 e. The molecule has 0 radical (unpaired) electrons. The van der Waals surface area contributed by atoms with Crippen LogP contribution in [0.3, 0.4) is 0 Å². The summed E-state index contributed by atoms with van der Waals surface area (Å²) in [6, 6.07) is 0. The van der Waals surface area contributed by atoms with Gasteiger partial charge < -0.3 is 16.2 Å². The summed E-state index contributed by atoms with van der Waals surface area (Å²) in [6.45, 7) is 3.04. The van der Waals surface area contributed by atoms with Crippen molar-refractivity contribution < 1.29 is 9.90 Å². The lowest BCUT2D eigenvalue weighted by molar-refractivity contribution is -0.133. The molecule has 4 N–H and O–H groups in total. The summed E-state index contributed by atoms with van der Waals surface area (Å²) in [4.78, 5) is 12.3. The van der Waals surface area contributed by atoms with Crippen molar-refractivity contribution in [2.45, 2.75) is 51.6 Å². The first-order valence-corrected chi connectivity index (χ1v) is 7.24. The Hall–Kier alpha value is -0.610. The number of amides is 1. The molecule has 1 amide bonds. The molecular weight excluding hydrogens is 228 g/mol. The van der Waals surface area contributed by atoms with Crippen molar-refractivity contribution in [3.63, 3.8) is 0 Å². The molecule has 4 heteroatoms. The molecule has 0 aliphatic heterocycles. The molecular formula is C14H26N2O2. The van der Waals surface area contributed by atoms with Gasteiger partial charge in [-0.1, -0.05) is 6.92 Å². The summed E-state index contributed by atoms with van der Waals surface area (Å²) in [5.41, 5.74) is 5.46. The van der Waals surface area contributed by atoms with Crippen molar-refractivity contribution in [2.24, 2.45) is 23.0 Å². The number of rotatable bonds is 5. The molecule has 1 atom stereocenters. The summed E-state index contributed by atoms with van der Waals surface area (Å²) >= 11 is 0. The molecule has 2 rings (SSSR count). The Morgan fingerprint density at radius 2 is 2.00 bits per heavy atom. The Balaban J connectivity index is 1.84. The summed E-state index contributed by atoms with van der Waals surface area (Å²) < 4.78 is 0. The second kappa shape index (κ2) is 5.57. The van der Waals surface area contributed by atoms with Gasteiger partial charge >= 0.3 is 0 Å². The summed E-state index contributed by atoms with van der Waals surface area (Å²) in [6.07, 6.45) is 5.75. The van der Waals surface area contributed by atoms with Crippen molar-refractivity contribution in [3.8, 4) is 0 Å². The number of aliphatic hydroxyl groups excluding tert-OH is 1. The summed E-state index contributed by atoms with van der Waals surface area (Å²) in [7, 11) is 0. The van der Waals surface area contributed by atoms with Crippen LogP contribution in [0, 0.1) is 17.3 Å². The zero-order valence-corrected chi connectivity index (χ0v) is 11.3. The number of nitrogens with two attached hydrogens (primary N) is 1. The van der Waals surface area contributed by atoms with Crippen LogP contribution in [0.15, 0.2) is 0 Å². The maximum absolute atomic E-state index is 12.3. The lowest BCUT2D eigenvalue weighted by Crippen LogP contribution is -2.49. The molecule has 1 unspecified atom stereocenters. The van der Waals surface area contributed by atoms with E-state index in [1.807, 2.05) is 0 Å². The van der Waals surface area contributed by atoms with E-state index in [1.54, 1.807) is 0 Å². The summed E-state index contributed by atoms with van der Waals surface area (Å²) in [5, 5.41) is 12.7. The van der Waals surface area contributed by atoms with Crippen LogP contribution in [-0.4, -0.2) is 30.2 Å². The SMILES string of the molecule is CC1CCC(CN)(C(=O)NCC(O)C2CC2)CC1. The van der Waals surface area contributed by atoms with Crippen molar-refractivity contribution >= 4 is 5.91 Å². The molecule has 2 saturated carbocycles. The first kappa shape index (κ1) is 13.8. The molecule has 0 heterocycles. The third-order valence-corrected chi connectivity index (χ3v) is 4.74. The fraction of sp³-hybridized carbons (Fsp3) is 0.929. The van der Waals surface area contributed by atoms with E-state index in [4.69, 9.17) is 5.73 Å². The van der Waals surface area contributed by atoms with Crippen molar-refractivity contribution in [1.29, 1.82) is 0 Å². The van der Waals surface area contributed by atoms with E-state index < -0.39 is 0 Å². The van der Waals surface area contributed by atoms with Gasteiger partial charge in [0.1, 0.15) is 0 Å². The van der Waals surface area contributed by atoms with Crippen LogP contribution in [0.5, 0.6) is 0 Å². The van der Waals surface area contributed by atoms with Crippen LogP contribution in [-0.2, 0) is 4.79 Å². The standard InChI is InChI=1S/C14H26N2O2/c1-10-4-6-14(9-15,7-5-10)13(18)16-8-12(17)11-2-3-11/h10-12,17H,2-9,15H2,1H3,(H,16,18). The van der Waals surface area contributed by atoms with Gasteiger partial charge in [0, 0.05) is 13.1 Å². The number of carbonyl (C=O) groups excluding carboxylic acids is 1. The first-order valence-electron chi connectivity index (χ1n) is 7.24. The smallest absolute Gasteiger partial charge is 0.227 e. The minimum atomic E-state index is -0.379. The van der Waals surface area contributed by atoms with Gasteiger partial charge in [-0.2, -0.15) is 0 Å². The third kappa shape index (κ3) is 3.04. The highest BCUT2D eigenvalue weighted by Crippen LogP contribution is 2.38. The molecule has 0 aromatic heterocycles. The molecule has 0 saturated heterocycles. The maximum atomic E-state index is 12.3. The molecule has 0 aromatic carbocycles. The van der Waals surface area contributed by atoms with Gasteiger partial charge in [-0.15, -0.1) is 0 Å². The Labute approximate surface area is 109 Å². The molecule has 104 valence electrons. The average molecular weight is 254 g/mol. The maximum Gasteiger partial charge on any atom is 0.227 e. The van der Waals surface area contributed by atoms with Gasteiger partial charge in [-0.05, 0) is 50.4 Å². The zero-order valence-electron chi connectivity index (χ0n) is 11.3. The van der Waals surface area contributed by atoms with Crippen LogP contribution in [0.25, 0.3) is 0 Å². The van der Waals surface area contributed by atoms with Gasteiger partial charge in [-0.3, -0.25) is 4.79 Å². The van der Waals surface area contributed by atoms with Gasteiger partial charge in [0.25, 0.3) is 0 Å². The lowest BCUT2D eigenvalue weighted by Gasteiger charge is -2.37. The number of carbonyl (C=O) groups is 1. The van der Waals surface area contributed by atoms with Crippen molar-refractivity contribution in [3.05, 3.63) is 0 Å².